The van der Waals surface area contributed by atoms with Crippen LogP contribution in [0.4, 0.5) is 17.6 Å². The first kappa shape index (κ1) is 29.1. The lowest BCUT2D eigenvalue weighted by Gasteiger charge is -2.30. The summed E-state index contributed by atoms with van der Waals surface area (Å²) in [4.78, 5) is 15.8. The zero-order valence-corrected chi connectivity index (χ0v) is 23.3. The van der Waals surface area contributed by atoms with Crippen LogP contribution in [0.25, 0.3) is 0 Å². The molecule has 1 aromatic carbocycles. The molecule has 2 atom stereocenters. The normalized spacial score (nSPS) is 24.2. The van der Waals surface area contributed by atoms with E-state index in [4.69, 9.17) is 0 Å². The van der Waals surface area contributed by atoms with Gasteiger partial charge in [-0.05, 0) is 74.2 Å². The van der Waals surface area contributed by atoms with Crippen molar-refractivity contribution in [3.8, 4) is 0 Å². The molecule has 3 aliphatic rings. The molecule has 3 heterocycles. The Balaban J connectivity index is 0.00000336. The number of alkyl halides is 3. The highest BCUT2D eigenvalue weighted by Crippen LogP contribution is 2.64. The predicted octanol–water partition coefficient (Wildman–Crippen LogP) is 5.48. The van der Waals surface area contributed by atoms with Gasteiger partial charge in [-0.2, -0.15) is 13.2 Å². The first-order valence-corrected chi connectivity index (χ1v) is 13.9. The van der Waals surface area contributed by atoms with Crippen LogP contribution in [0.2, 0.25) is 0 Å². The quantitative estimate of drug-likeness (QED) is 0.249. The van der Waals surface area contributed by atoms with Gasteiger partial charge in [-0.15, -0.1) is 22.6 Å². The SMILES string of the molecule is CC(=O)N1CCC(c2nnc(SCCCN3CC[C@]4(C[C@@H]4c4ccc(C(F)(F)F)cc4F)C3)n2C)CC1.Cl. The van der Waals surface area contributed by atoms with E-state index in [0.29, 0.717) is 17.5 Å². The van der Waals surface area contributed by atoms with E-state index in [1.807, 2.05) is 11.9 Å². The van der Waals surface area contributed by atoms with E-state index < -0.39 is 17.6 Å². The lowest BCUT2D eigenvalue weighted by Crippen LogP contribution is -2.36. The van der Waals surface area contributed by atoms with Crippen LogP contribution in [0.5, 0.6) is 0 Å². The van der Waals surface area contributed by atoms with Gasteiger partial charge in [0.1, 0.15) is 11.6 Å². The molecule has 1 saturated carbocycles. The van der Waals surface area contributed by atoms with Gasteiger partial charge in [0.2, 0.25) is 5.91 Å². The average Bonchev–Trinajstić information content (AvgIpc) is 3.18. The maximum Gasteiger partial charge on any atom is 0.416 e. The fraction of sp³-hybridized carbons (Fsp3) is 0.654. The number of thioether (sulfide) groups is 1. The van der Waals surface area contributed by atoms with Crippen LogP contribution in [0.1, 0.15) is 67.8 Å². The molecule has 5 rings (SSSR count). The number of likely N-dealkylation sites (tertiary alicyclic amines) is 2. The van der Waals surface area contributed by atoms with Gasteiger partial charge in [-0.25, -0.2) is 4.39 Å². The molecular formula is C26H34ClF4N5OS. The predicted molar refractivity (Wildman–Crippen MR) is 140 cm³/mol. The van der Waals surface area contributed by atoms with E-state index in [2.05, 4.69) is 19.7 Å². The molecule has 210 valence electrons. The number of carbonyl (C=O) groups is 1. The van der Waals surface area contributed by atoms with Gasteiger partial charge in [0, 0.05) is 45.3 Å². The third-order valence-electron chi connectivity index (χ3n) is 8.38. The van der Waals surface area contributed by atoms with Crippen LogP contribution >= 0.6 is 24.2 Å². The Morgan fingerprint density at radius 3 is 2.58 bits per heavy atom. The third kappa shape index (κ3) is 5.99. The summed E-state index contributed by atoms with van der Waals surface area (Å²) in [6.45, 7) is 5.89. The second-order valence-electron chi connectivity index (χ2n) is 10.8. The number of benzene rings is 1. The molecule has 1 aliphatic carbocycles. The number of aromatic nitrogens is 3. The van der Waals surface area contributed by atoms with Crippen LogP contribution in [-0.2, 0) is 18.0 Å². The molecule has 0 N–H and O–H groups in total. The van der Waals surface area contributed by atoms with Crippen LogP contribution < -0.4 is 0 Å². The molecule has 1 aromatic heterocycles. The number of rotatable bonds is 7. The van der Waals surface area contributed by atoms with Gasteiger partial charge in [0.25, 0.3) is 0 Å². The van der Waals surface area contributed by atoms with Crippen molar-refractivity contribution >= 4 is 30.1 Å². The highest BCUT2D eigenvalue weighted by molar-refractivity contribution is 7.99. The number of carbonyl (C=O) groups excluding carboxylic acids is 1. The van der Waals surface area contributed by atoms with Gasteiger partial charge in [-0.3, -0.25) is 4.79 Å². The van der Waals surface area contributed by atoms with Crippen LogP contribution in [0.3, 0.4) is 0 Å². The Labute approximate surface area is 230 Å². The van der Waals surface area contributed by atoms with E-state index in [1.165, 1.54) is 6.07 Å². The largest absolute Gasteiger partial charge is 0.416 e. The topological polar surface area (TPSA) is 54.3 Å². The van der Waals surface area contributed by atoms with Gasteiger partial charge in [0.05, 0.1) is 5.56 Å². The van der Waals surface area contributed by atoms with Gasteiger partial charge < -0.3 is 14.4 Å². The van der Waals surface area contributed by atoms with Crippen molar-refractivity contribution in [2.45, 2.75) is 62.2 Å². The van der Waals surface area contributed by atoms with Crippen molar-refractivity contribution in [1.82, 2.24) is 24.6 Å². The average molecular weight is 576 g/mol. The lowest BCUT2D eigenvalue weighted by molar-refractivity contribution is -0.137. The zero-order chi connectivity index (χ0) is 26.4. The number of hydrogen-bond acceptors (Lipinski definition) is 5. The van der Waals surface area contributed by atoms with Gasteiger partial charge >= 0.3 is 6.18 Å². The number of piperidine rings is 1. The summed E-state index contributed by atoms with van der Waals surface area (Å²) < 4.78 is 55.2. The smallest absolute Gasteiger partial charge is 0.343 e. The Hall–Kier alpha value is -1.85. The maximum atomic E-state index is 14.5. The Morgan fingerprint density at radius 2 is 1.92 bits per heavy atom. The van der Waals surface area contributed by atoms with Crippen LogP contribution in [0, 0.1) is 11.2 Å². The molecule has 2 aromatic rings. The minimum absolute atomic E-state index is 0. The summed E-state index contributed by atoms with van der Waals surface area (Å²) in [5.41, 5.74) is -0.498. The van der Waals surface area contributed by atoms with Crippen molar-refractivity contribution in [2.75, 3.05) is 38.5 Å². The summed E-state index contributed by atoms with van der Waals surface area (Å²) in [6.07, 6.45) is 0.0747. The van der Waals surface area contributed by atoms with E-state index >= 15 is 0 Å². The van der Waals surface area contributed by atoms with E-state index in [9.17, 15) is 22.4 Å². The Kier molecular flexibility index (Phi) is 8.69. The molecule has 12 heteroatoms. The molecule has 0 unspecified atom stereocenters. The second-order valence-corrected chi connectivity index (χ2v) is 11.8. The molecule has 0 bridgehead atoms. The van der Waals surface area contributed by atoms with E-state index in [1.54, 1.807) is 18.7 Å². The Bertz CT molecular complexity index is 1150. The summed E-state index contributed by atoms with van der Waals surface area (Å²) >= 11 is 1.70. The molecule has 38 heavy (non-hydrogen) atoms. The molecule has 3 fully saturated rings. The van der Waals surface area contributed by atoms with Crippen molar-refractivity contribution in [3.63, 3.8) is 0 Å². The number of nitrogens with zero attached hydrogens (tertiary/aromatic N) is 5. The third-order valence-corrected chi connectivity index (χ3v) is 9.49. The van der Waals surface area contributed by atoms with Crippen molar-refractivity contribution in [2.24, 2.45) is 12.5 Å². The monoisotopic (exact) mass is 575 g/mol. The van der Waals surface area contributed by atoms with E-state index in [-0.39, 0.29) is 29.6 Å². The molecule has 6 nitrogen and oxygen atoms in total. The standard InChI is InChI=1S/C26H33F4N5OS.ClH/c1-17(36)35-10-6-18(7-11-35)23-31-32-24(33(23)2)37-13-3-9-34-12-8-25(16-34)15-21(25)20-5-4-19(14-22(20)27)26(28,29)30;/h4-5,14,18,21H,3,6-13,15-16H2,1-2H3;1H/t21-,25+;/m1./s1. The highest BCUT2D eigenvalue weighted by atomic mass is 35.5. The first-order valence-electron chi connectivity index (χ1n) is 12.9. The lowest BCUT2D eigenvalue weighted by atomic mass is 9.96. The van der Waals surface area contributed by atoms with Gasteiger partial charge in [-0.1, -0.05) is 17.8 Å². The van der Waals surface area contributed by atoms with Crippen LogP contribution in [0.15, 0.2) is 23.4 Å². The highest BCUT2D eigenvalue weighted by Gasteiger charge is 2.58. The van der Waals surface area contributed by atoms with Crippen molar-refractivity contribution in [3.05, 3.63) is 41.0 Å². The number of halogens is 5. The molecular weight excluding hydrogens is 542 g/mol. The van der Waals surface area contributed by atoms with Gasteiger partial charge in [0.15, 0.2) is 5.16 Å². The molecule has 2 aliphatic heterocycles. The number of amides is 1. The second kappa shape index (κ2) is 11.3. The Morgan fingerprint density at radius 1 is 1.18 bits per heavy atom. The molecule has 2 saturated heterocycles. The first-order chi connectivity index (χ1) is 17.6. The minimum atomic E-state index is -4.52. The van der Waals surface area contributed by atoms with E-state index in [0.717, 1.165) is 87.6 Å². The summed E-state index contributed by atoms with van der Waals surface area (Å²) in [6, 6.07) is 2.97. The minimum Gasteiger partial charge on any atom is -0.343 e. The molecule has 1 amide bonds. The molecule has 0 radical (unpaired) electrons. The van der Waals surface area contributed by atoms with Crippen molar-refractivity contribution in [1.29, 1.82) is 0 Å². The zero-order valence-electron chi connectivity index (χ0n) is 21.6. The fourth-order valence-corrected chi connectivity index (χ4v) is 6.95. The summed E-state index contributed by atoms with van der Waals surface area (Å²) in [7, 11) is 2.01. The summed E-state index contributed by atoms with van der Waals surface area (Å²) in [5.74, 6) is 1.62. The van der Waals surface area contributed by atoms with Crippen molar-refractivity contribution < 1.29 is 22.4 Å². The number of hydrogen-bond donors (Lipinski definition) is 0. The fourth-order valence-electron chi connectivity index (χ4n) is 6.11. The summed E-state index contributed by atoms with van der Waals surface area (Å²) in [5, 5.41) is 9.74. The maximum absolute atomic E-state index is 14.5. The van der Waals surface area contributed by atoms with Crippen LogP contribution in [-0.4, -0.2) is 68.9 Å². The molecule has 1 spiro atoms.